The molecule has 0 aliphatic carbocycles. The minimum Gasteiger partial charge on any atom is -0.450 e. The number of carbonyl (C=O) groups is 3. The lowest BCUT2D eigenvalue weighted by Gasteiger charge is -2.13. The number of nitro groups is 1. The standard InChI is InChI=1S/C22H17F3N4O6/c1-12-19(13(2)28(27-12)14-6-4-3-5-7-14)20(31)21(32)35-11-18(30)26-17-9-8-15(29(33)34)10-16(17)22(23,24)25/h3-10H,11H2,1-2H3,(H,26,30). The molecule has 1 N–H and O–H groups in total. The molecule has 0 radical (unpaired) electrons. The lowest BCUT2D eigenvalue weighted by molar-refractivity contribution is -0.385. The molecule has 10 nitrogen and oxygen atoms in total. The fourth-order valence-electron chi connectivity index (χ4n) is 3.27. The van der Waals surface area contributed by atoms with E-state index in [4.69, 9.17) is 0 Å². The van der Waals surface area contributed by atoms with Crippen LogP contribution in [-0.2, 0) is 20.5 Å². The Morgan fingerprint density at radius 1 is 1.11 bits per heavy atom. The predicted octanol–water partition coefficient (Wildman–Crippen LogP) is 3.78. The molecule has 1 amide bonds. The van der Waals surface area contributed by atoms with E-state index in [9.17, 15) is 37.7 Å². The van der Waals surface area contributed by atoms with Crippen molar-refractivity contribution in [2.24, 2.45) is 0 Å². The SMILES string of the molecule is Cc1nn(-c2ccccc2)c(C)c1C(=O)C(=O)OCC(=O)Nc1ccc([N+](=O)[O-])cc1C(F)(F)F. The summed E-state index contributed by atoms with van der Waals surface area (Å²) in [6.07, 6.45) is -5.00. The van der Waals surface area contributed by atoms with Crippen molar-refractivity contribution >= 4 is 29.0 Å². The number of aromatic nitrogens is 2. The van der Waals surface area contributed by atoms with E-state index >= 15 is 0 Å². The Morgan fingerprint density at radius 2 is 1.77 bits per heavy atom. The molecule has 3 aromatic rings. The van der Waals surface area contributed by atoms with E-state index in [1.54, 1.807) is 37.3 Å². The number of ether oxygens (including phenoxy) is 1. The summed E-state index contributed by atoms with van der Waals surface area (Å²) in [7, 11) is 0. The lowest BCUT2D eigenvalue weighted by atomic mass is 10.1. The number of Topliss-reactive ketones (excluding diaryl/α,β-unsaturated/α-hetero) is 1. The van der Waals surface area contributed by atoms with Gasteiger partial charge in [-0.1, -0.05) is 18.2 Å². The molecule has 0 aliphatic rings. The highest BCUT2D eigenvalue weighted by Crippen LogP contribution is 2.37. The molecule has 35 heavy (non-hydrogen) atoms. The summed E-state index contributed by atoms with van der Waals surface area (Å²) in [5, 5.41) is 16.9. The van der Waals surface area contributed by atoms with Crippen molar-refractivity contribution in [2.45, 2.75) is 20.0 Å². The van der Waals surface area contributed by atoms with Crippen LogP contribution in [0, 0.1) is 24.0 Å². The Bertz CT molecular complexity index is 1320. The molecule has 0 saturated carbocycles. The molecular formula is C22H17F3N4O6. The highest BCUT2D eigenvalue weighted by molar-refractivity contribution is 6.41. The number of para-hydroxylation sites is 1. The average Bonchev–Trinajstić information content (AvgIpc) is 3.10. The maximum Gasteiger partial charge on any atom is 0.418 e. The molecule has 182 valence electrons. The number of non-ortho nitro benzene ring substituents is 1. The molecule has 0 aliphatic heterocycles. The first kappa shape index (κ1) is 25.1. The second kappa shape index (κ2) is 9.75. The number of esters is 1. The van der Waals surface area contributed by atoms with Gasteiger partial charge in [-0.2, -0.15) is 18.3 Å². The number of aryl methyl sites for hydroxylation is 1. The third-order valence-corrected chi connectivity index (χ3v) is 4.83. The van der Waals surface area contributed by atoms with Gasteiger partial charge in [-0.25, -0.2) is 9.48 Å². The van der Waals surface area contributed by atoms with Crippen molar-refractivity contribution in [3.8, 4) is 5.69 Å². The summed E-state index contributed by atoms with van der Waals surface area (Å²) in [6, 6.07) is 10.5. The Labute approximate surface area is 195 Å². The number of carbonyl (C=O) groups excluding carboxylic acids is 3. The zero-order valence-electron chi connectivity index (χ0n) is 18.3. The largest absolute Gasteiger partial charge is 0.450 e. The number of hydrogen-bond donors (Lipinski definition) is 1. The number of nitro benzene ring substituents is 1. The number of anilines is 1. The number of nitrogens with one attached hydrogen (secondary N) is 1. The van der Waals surface area contributed by atoms with Gasteiger partial charge in [0.05, 0.1) is 38.8 Å². The first-order valence-corrected chi connectivity index (χ1v) is 9.88. The van der Waals surface area contributed by atoms with Crippen LogP contribution in [0.5, 0.6) is 0 Å². The summed E-state index contributed by atoms with van der Waals surface area (Å²) >= 11 is 0. The molecular weight excluding hydrogens is 473 g/mol. The third-order valence-electron chi connectivity index (χ3n) is 4.83. The van der Waals surface area contributed by atoms with Crippen LogP contribution >= 0.6 is 0 Å². The van der Waals surface area contributed by atoms with Gasteiger partial charge in [-0.15, -0.1) is 0 Å². The van der Waals surface area contributed by atoms with Gasteiger partial charge in [-0.05, 0) is 32.0 Å². The van der Waals surface area contributed by atoms with E-state index in [1.807, 2.05) is 5.32 Å². The zero-order valence-corrected chi connectivity index (χ0v) is 18.3. The van der Waals surface area contributed by atoms with Crippen molar-refractivity contribution in [2.75, 3.05) is 11.9 Å². The van der Waals surface area contributed by atoms with E-state index in [0.29, 0.717) is 17.4 Å². The second-order valence-corrected chi connectivity index (χ2v) is 7.23. The van der Waals surface area contributed by atoms with Gasteiger partial charge >= 0.3 is 12.1 Å². The summed E-state index contributed by atoms with van der Waals surface area (Å²) in [5.41, 5.74) is -1.86. The fourth-order valence-corrected chi connectivity index (χ4v) is 3.27. The lowest BCUT2D eigenvalue weighted by Crippen LogP contribution is -2.26. The number of benzene rings is 2. The maximum atomic E-state index is 13.2. The van der Waals surface area contributed by atoms with Gasteiger partial charge < -0.3 is 10.1 Å². The van der Waals surface area contributed by atoms with Crippen LogP contribution in [0.4, 0.5) is 24.5 Å². The van der Waals surface area contributed by atoms with Crippen LogP contribution in [0.2, 0.25) is 0 Å². The van der Waals surface area contributed by atoms with Crippen molar-refractivity contribution in [3.63, 3.8) is 0 Å². The molecule has 0 fully saturated rings. The number of rotatable bonds is 7. The normalized spacial score (nSPS) is 11.1. The minimum atomic E-state index is -5.00. The first-order chi connectivity index (χ1) is 16.4. The van der Waals surface area contributed by atoms with Crippen molar-refractivity contribution in [1.82, 2.24) is 9.78 Å². The monoisotopic (exact) mass is 490 g/mol. The Kier molecular flexibility index (Phi) is 6.99. The third kappa shape index (κ3) is 5.51. The van der Waals surface area contributed by atoms with Crippen molar-refractivity contribution in [3.05, 3.63) is 81.2 Å². The molecule has 0 unspecified atom stereocenters. The second-order valence-electron chi connectivity index (χ2n) is 7.23. The highest BCUT2D eigenvalue weighted by atomic mass is 19.4. The molecule has 0 spiro atoms. The summed E-state index contributed by atoms with van der Waals surface area (Å²) in [4.78, 5) is 46.7. The average molecular weight is 490 g/mol. The zero-order chi connectivity index (χ0) is 25.9. The minimum absolute atomic E-state index is 0.0333. The van der Waals surface area contributed by atoms with E-state index < -0.39 is 52.3 Å². The Hall–Kier alpha value is -4.55. The topological polar surface area (TPSA) is 133 Å². The van der Waals surface area contributed by atoms with Gasteiger partial charge in [0.1, 0.15) is 0 Å². The van der Waals surface area contributed by atoms with Gasteiger partial charge in [0.25, 0.3) is 17.4 Å². The number of nitrogens with zero attached hydrogens (tertiary/aromatic N) is 3. The highest BCUT2D eigenvalue weighted by Gasteiger charge is 2.36. The maximum absolute atomic E-state index is 13.2. The van der Waals surface area contributed by atoms with Gasteiger partial charge in [0.2, 0.25) is 0 Å². The van der Waals surface area contributed by atoms with E-state index in [0.717, 1.165) is 6.07 Å². The van der Waals surface area contributed by atoms with Gasteiger partial charge in [0.15, 0.2) is 6.61 Å². The number of hydrogen-bond acceptors (Lipinski definition) is 7. The van der Waals surface area contributed by atoms with Gasteiger partial charge in [-0.3, -0.25) is 19.7 Å². The van der Waals surface area contributed by atoms with Crippen LogP contribution in [0.1, 0.15) is 27.3 Å². The molecule has 0 saturated heterocycles. The number of amides is 1. The quantitative estimate of drug-likeness (QED) is 0.175. The van der Waals surface area contributed by atoms with Crippen LogP contribution in [0.15, 0.2) is 48.5 Å². The molecule has 13 heteroatoms. The summed E-state index contributed by atoms with van der Waals surface area (Å²) < 4.78 is 45.8. The molecule has 1 heterocycles. The van der Waals surface area contributed by atoms with Crippen LogP contribution in [0.3, 0.4) is 0 Å². The van der Waals surface area contributed by atoms with Crippen LogP contribution in [0.25, 0.3) is 5.69 Å². The number of halogens is 3. The van der Waals surface area contributed by atoms with Crippen LogP contribution < -0.4 is 5.32 Å². The molecule has 1 aromatic heterocycles. The molecule has 0 bridgehead atoms. The molecule has 3 rings (SSSR count). The number of ketones is 1. The fraction of sp³-hybridized carbons (Fsp3) is 0.182. The Balaban J connectivity index is 1.71. The summed E-state index contributed by atoms with van der Waals surface area (Å²) in [5.74, 6) is -3.67. The van der Waals surface area contributed by atoms with E-state index in [1.165, 1.54) is 11.6 Å². The van der Waals surface area contributed by atoms with E-state index in [-0.39, 0.29) is 17.3 Å². The summed E-state index contributed by atoms with van der Waals surface area (Å²) in [6.45, 7) is 2.00. The van der Waals surface area contributed by atoms with Crippen molar-refractivity contribution < 1.29 is 37.2 Å². The van der Waals surface area contributed by atoms with Gasteiger partial charge in [0, 0.05) is 12.1 Å². The first-order valence-electron chi connectivity index (χ1n) is 9.88. The smallest absolute Gasteiger partial charge is 0.418 e. The molecule has 2 aromatic carbocycles. The Morgan fingerprint density at radius 3 is 2.37 bits per heavy atom. The van der Waals surface area contributed by atoms with E-state index in [2.05, 4.69) is 9.84 Å². The predicted molar refractivity (Wildman–Crippen MR) is 115 cm³/mol. The van der Waals surface area contributed by atoms with Crippen LogP contribution in [-0.4, -0.2) is 39.0 Å². The molecule has 0 atom stereocenters. The van der Waals surface area contributed by atoms with Crippen molar-refractivity contribution in [1.29, 1.82) is 0 Å². The number of alkyl halides is 3.